The van der Waals surface area contributed by atoms with Gasteiger partial charge >= 0.3 is 6.03 Å². The number of allylic oxidation sites excluding steroid dienone is 2. The molecular formula is C35H31IN4O7. The van der Waals surface area contributed by atoms with Crippen LogP contribution in [0.5, 0.6) is 11.5 Å². The molecule has 3 aromatic carbocycles. The molecule has 6 atom stereocenters. The molecular weight excluding hydrogens is 715 g/mol. The van der Waals surface area contributed by atoms with Gasteiger partial charge in [0.25, 0.3) is 11.8 Å². The molecule has 2 saturated heterocycles. The van der Waals surface area contributed by atoms with Crippen LogP contribution in [0.25, 0.3) is 0 Å². The number of amides is 6. The second-order valence-electron chi connectivity index (χ2n) is 12.5. The number of phenols is 1. The number of hydrogen-bond donors (Lipinski definition) is 3. The summed E-state index contributed by atoms with van der Waals surface area (Å²) >= 11 is 1.99. The van der Waals surface area contributed by atoms with E-state index in [9.17, 15) is 24.3 Å². The molecule has 0 bridgehead atoms. The highest BCUT2D eigenvalue weighted by Crippen LogP contribution is 2.64. The number of fused-ring (bicyclic) bond motifs is 4. The van der Waals surface area contributed by atoms with Crippen LogP contribution in [0.3, 0.4) is 0 Å². The molecule has 6 unspecified atom stereocenters. The number of hydrogen-bond acceptors (Lipinski definition) is 8. The summed E-state index contributed by atoms with van der Waals surface area (Å²) in [5.41, 5.74) is 10.5. The number of carbonyl (C=O) groups excluding carboxylic acids is 5. The molecule has 2 aliphatic heterocycles. The Morgan fingerprint density at radius 1 is 1.00 bits per heavy atom. The molecule has 2 aliphatic carbocycles. The monoisotopic (exact) mass is 746 g/mol. The van der Waals surface area contributed by atoms with Crippen LogP contribution in [0.1, 0.15) is 35.4 Å². The van der Waals surface area contributed by atoms with Crippen molar-refractivity contribution >= 4 is 57.9 Å². The number of rotatable bonds is 5. The Morgan fingerprint density at radius 3 is 2.36 bits per heavy atom. The van der Waals surface area contributed by atoms with Gasteiger partial charge in [-0.15, -0.1) is 0 Å². The number of imide groups is 4. The number of hydrazine groups is 1. The maximum atomic E-state index is 15.1. The number of halogens is 1. The average molecular weight is 747 g/mol. The molecule has 47 heavy (non-hydrogen) atoms. The lowest BCUT2D eigenvalue weighted by molar-refractivity contribution is -0.139. The Labute approximate surface area is 283 Å². The van der Waals surface area contributed by atoms with E-state index in [2.05, 4.69) is 5.43 Å². The van der Waals surface area contributed by atoms with Crippen molar-refractivity contribution in [1.82, 2.24) is 9.91 Å². The predicted molar refractivity (Wildman–Crippen MR) is 178 cm³/mol. The third kappa shape index (κ3) is 4.40. The van der Waals surface area contributed by atoms with Crippen LogP contribution in [-0.2, 0) is 24.6 Å². The normalized spacial score (nSPS) is 28.1. The number of methoxy groups -OCH3 is 1. The van der Waals surface area contributed by atoms with E-state index in [1.54, 1.807) is 24.3 Å². The van der Waals surface area contributed by atoms with Crippen molar-refractivity contribution < 1.29 is 33.8 Å². The van der Waals surface area contributed by atoms with E-state index in [1.807, 2.05) is 78.1 Å². The highest BCUT2D eigenvalue weighted by atomic mass is 127. The van der Waals surface area contributed by atoms with Gasteiger partial charge in [0, 0.05) is 5.92 Å². The fourth-order valence-electron chi connectivity index (χ4n) is 8.26. The van der Waals surface area contributed by atoms with Crippen molar-refractivity contribution in [2.75, 3.05) is 12.5 Å². The highest BCUT2D eigenvalue weighted by molar-refractivity contribution is 14.1. The second-order valence-corrected chi connectivity index (χ2v) is 13.7. The Kier molecular flexibility index (Phi) is 7.38. The first-order valence-electron chi connectivity index (χ1n) is 15.2. The van der Waals surface area contributed by atoms with E-state index in [0.717, 1.165) is 10.6 Å². The first-order valence-corrected chi connectivity index (χ1v) is 16.3. The van der Waals surface area contributed by atoms with Gasteiger partial charge in [0.2, 0.25) is 11.8 Å². The predicted octanol–water partition coefficient (Wildman–Crippen LogP) is 4.38. The molecule has 11 nitrogen and oxygen atoms in total. The third-order valence-electron chi connectivity index (χ3n) is 10.2. The standard InChI is InChI=1S/C35H31IN4O7/c1-17-8-10-20(11-9-17)38-40-31(43)24-16-23-21(12-13-22-27(23)32(44)39(30(22)42)34(37)46)28(18-14-25(36)29(41)26(15-18)47-2)35(24,33(40)45)19-6-4-3-5-7-19/h3-12,14-15,22-24,27-28,38,41H,13,16H2,1-2H3,(H2,37,46). The Bertz CT molecular complexity index is 1900. The Hall–Kier alpha value is -4.72. The van der Waals surface area contributed by atoms with Gasteiger partial charge in [-0.25, -0.2) is 4.79 Å². The van der Waals surface area contributed by atoms with Crippen LogP contribution in [0.15, 0.2) is 78.4 Å². The quantitative estimate of drug-likeness (QED) is 0.197. The molecule has 0 aromatic heterocycles. The Balaban J connectivity index is 1.48. The minimum atomic E-state index is -1.48. The minimum Gasteiger partial charge on any atom is -0.504 e. The number of urea groups is 1. The van der Waals surface area contributed by atoms with Gasteiger partial charge in [-0.3, -0.25) is 24.6 Å². The largest absolute Gasteiger partial charge is 0.504 e. The summed E-state index contributed by atoms with van der Waals surface area (Å²) in [5.74, 6) is -6.39. The van der Waals surface area contributed by atoms with Crippen LogP contribution < -0.4 is 15.9 Å². The average Bonchev–Trinajstić information content (AvgIpc) is 3.44. The molecule has 3 fully saturated rings. The topological polar surface area (TPSA) is 159 Å². The summed E-state index contributed by atoms with van der Waals surface area (Å²) in [6.07, 6.45) is 2.11. The van der Waals surface area contributed by atoms with Crippen molar-refractivity contribution in [3.8, 4) is 11.5 Å². The van der Waals surface area contributed by atoms with Gasteiger partial charge in [0.05, 0.1) is 39.5 Å². The minimum absolute atomic E-state index is 0.0719. The zero-order chi connectivity index (χ0) is 33.4. The van der Waals surface area contributed by atoms with Crippen LogP contribution in [-0.4, -0.2) is 51.8 Å². The molecule has 4 N–H and O–H groups in total. The number of nitrogens with one attached hydrogen (secondary N) is 1. The van der Waals surface area contributed by atoms with Crippen molar-refractivity contribution in [2.45, 2.75) is 31.1 Å². The van der Waals surface area contributed by atoms with E-state index in [-0.39, 0.29) is 24.3 Å². The van der Waals surface area contributed by atoms with Crippen molar-refractivity contribution in [2.24, 2.45) is 29.4 Å². The van der Waals surface area contributed by atoms with Crippen LogP contribution in [0.4, 0.5) is 10.5 Å². The van der Waals surface area contributed by atoms with Crippen molar-refractivity contribution in [1.29, 1.82) is 0 Å². The van der Waals surface area contributed by atoms with Crippen LogP contribution in [0, 0.1) is 34.2 Å². The number of phenolic OH excluding ortho intramolecular Hbond substituents is 1. The smallest absolute Gasteiger partial charge is 0.328 e. The lowest BCUT2D eigenvalue weighted by Gasteiger charge is -2.50. The summed E-state index contributed by atoms with van der Waals surface area (Å²) in [4.78, 5) is 69.6. The number of nitrogens with zero attached hydrogens (tertiary/aromatic N) is 2. The molecule has 4 aliphatic rings. The second kappa shape index (κ2) is 11.2. The number of primary amides is 1. The summed E-state index contributed by atoms with van der Waals surface area (Å²) in [5, 5.41) is 11.9. The highest BCUT2D eigenvalue weighted by Gasteiger charge is 2.70. The van der Waals surface area contributed by atoms with E-state index in [1.165, 1.54) is 7.11 Å². The molecule has 6 amide bonds. The Morgan fingerprint density at radius 2 is 1.70 bits per heavy atom. The number of ether oxygens (including phenoxy) is 1. The number of nitrogens with two attached hydrogens (primary N) is 1. The maximum Gasteiger partial charge on any atom is 0.328 e. The van der Waals surface area contributed by atoms with E-state index in [0.29, 0.717) is 30.9 Å². The summed E-state index contributed by atoms with van der Waals surface area (Å²) in [6.45, 7) is 1.93. The molecule has 1 saturated carbocycles. The first-order chi connectivity index (χ1) is 22.5. The molecule has 2 heterocycles. The summed E-state index contributed by atoms with van der Waals surface area (Å²) in [7, 11) is 1.43. The van der Waals surface area contributed by atoms with Gasteiger partial charge < -0.3 is 15.6 Å². The molecule has 3 aromatic rings. The van der Waals surface area contributed by atoms with Gasteiger partial charge in [-0.1, -0.05) is 59.7 Å². The first kappa shape index (κ1) is 30.9. The SMILES string of the molecule is COc1cc(C2C3=CCC4C(=O)N(C(N)=O)C(=O)C4C3CC3C(=O)N(Nc4ccc(C)cc4)C(=O)C32c2ccccc2)cc(I)c1O. The van der Waals surface area contributed by atoms with E-state index >= 15 is 4.79 Å². The lowest BCUT2D eigenvalue weighted by atomic mass is 9.49. The molecule has 0 spiro atoms. The fraction of sp³-hybridized carbons (Fsp3) is 0.286. The molecule has 7 rings (SSSR count). The van der Waals surface area contributed by atoms with Crippen LogP contribution in [0.2, 0.25) is 0 Å². The molecule has 12 heteroatoms. The number of benzene rings is 3. The van der Waals surface area contributed by atoms with Crippen LogP contribution >= 0.6 is 22.6 Å². The number of aromatic hydroxyl groups is 1. The zero-order valence-corrected chi connectivity index (χ0v) is 27.6. The van der Waals surface area contributed by atoms with Crippen molar-refractivity contribution in [3.63, 3.8) is 0 Å². The molecule has 0 radical (unpaired) electrons. The third-order valence-corrected chi connectivity index (χ3v) is 11.0. The number of likely N-dealkylation sites (tertiary alicyclic amines) is 1. The van der Waals surface area contributed by atoms with Gasteiger partial charge in [-0.05, 0) is 83.7 Å². The fourth-order valence-corrected chi connectivity index (χ4v) is 8.88. The lowest BCUT2D eigenvalue weighted by Crippen LogP contribution is -2.53. The van der Waals surface area contributed by atoms with E-state index < -0.39 is 64.7 Å². The van der Waals surface area contributed by atoms with Gasteiger partial charge in [0.15, 0.2) is 11.5 Å². The van der Waals surface area contributed by atoms with Gasteiger partial charge in [0.1, 0.15) is 0 Å². The van der Waals surface area contributed by atoms with E-state index in [4.69, 9.17) is 10.5 Å². The zero-order valence-electron chi connectivity index (χ0n) is 25.5. The number of carbonyl (C=O) groups is 5. The van der Waals surface area contributed by atoms with Crippen molar-refractivity contribution in [3.05, 3.63) is 98.6 Å². The maximum absolute atomic E-state index is 15.1. The summed E-state index contributed by atoms with van der Waals surface area (Å²) in [6, 6.07) is 18.7. The summed E-state index contributed by atoms with van der Waals surface area (Å²) < 4.78 is 6.00. The molecule has 240 valence electrons. The number of anilines is 1. The van der Waals surface area contributed by atoms with Gasteiger partial charge in [-0.2, -0.15) is 9.91 Å². The number of aryl methyl sites for hydroxylation is 1.